The summed E-state index contributed by atoms with van der Waals surface area (Å²) in [5.74, 6) is 0.591. The molecule has 2 unspecified atom stereocenters. The second kappa shape index (κ2) is 10.2. The molecule has 0 spiro atoms. The molecule has 0 bridgehead atoms. The molecule has 1 aliphatic heterocycles. The van der Waals surface area contributed by atoms with Crippen LogP contribution in [0.25, 0.3) is 5.65 Å². The largest absolute Gasteiger partial charge is 0.345 e. The van der Waals surface area contributed by atoms with Gasteiger partial charge in [-0.05, 0) is 48.6 Å². The van der Waals surface area contributed by atoms with Crippen molar-refractivity contribution in [2.45, 2.75) is 43.3 Å². The Morgan fingerprint density at radius 2 is 2.21 bits per heavy atom. The topological polar surface area (TPSA) is 81.6 Å². The number of nitriles is 1. The highest BCUT2D eigenvalue weighted by Gasteiger charge is 2.36. The van der Waals surface area contributed by atoms with Crippen molar-refractivity contribution in [2.24, 2.45) is 4.99 Å². The van der Waals surface area contributed by atoms with Crippen LogP contribution in [0.15, 0.2) is 46.4 Å². The number of aromatic nitrogens is 3. The van der Waals surface area contributed by atoms with E-state index < -0.39 is 6.17 Å². The number of anilines is 1. The number of unbranched alkanes of at least 4 members (excludes halogenated alkanes) is 1. The zero-order valence-electron chi connectivity index (χ0n) is 18.5. The molecule has 1 N–H and O–H groups in total. The second-order valence-electron chi connectivity index (χ2n) is 7.81. The molecule has 0 saturated carbocycles. The molecular weight excluding hydrogens is 444 g/mol. The van der Waals surface area contributed by atoms with Crippen LogP contribution in [-0.4, -0.2) is 46.0 Å². The van der Waals surface area contributed by atoms with Gasteiger partial charge in [-0.2, -0.15) is 5.26 Å². The Balaban J connectivity index is 1.75. The summed E-state index contributed by atoms with van der Waals surface area (Å²) in [5, 5.41) is 16.5. The van der Waals surface area contributed by atoms with Crippen LogP contribution in [0.5, 0.6) is 0 Å². The minimum Gasteiger partial charge on any atom is -0.345 e. The minimum atomic E-state index is -1.06. The highest BCUT2D eigenvalue weighted by molar-refractivity contribution is 7.98. The molecule has 0 amide bonds. The molecule has 4 rings (SSSR count). The first-order valence-corrected chi connectivity index (χ1v) is 12.1. The zero-order valence-corrected chi connectivity index (χ0v) is 19.3. The Morgan fingerprint density at radius 1 is 1.36 bits per heavy atom. The van der Waals surface area contributed by atoms with Gasteiger partial charge < -0.3 is 4.90 Å². The fourth-order valence-electron chi connectivity index (χ4n) is 4.06. The first kappa shape index (κ1) is 23.0. The summed E-state index contributed by atoms with van der Waals surface area (Å²) in [4.78, 5) is 11.6. The zero-order chi connectivity index (χ0) is 23.4. The van der Waals surface area contributed by atoms with Crippen LogP contribution in [0.3, 0.4) is 0 Å². The molecule has 0 radical (unpaired) electrons. The van der Waals surface area contributed by atoms with Crippen molar-refractivity contribution in [3.63, 3.8) is 0 Å². The lowest BCUT2D eigenvalue weighted by atomic mass is 10.0. The van der Waals surface area contributed by atoms with Crippen molar-refractivity contribution in [3.8, 4) is 6.19 Å². The first-order chi connectivity index (χ1) is 16.0. The van der Waals surface area contributed by atoms with Crippen LogP contribution >= 0.6 is 11.8 Å². The lowest BCUT2D eigenvalue weighted by molar-refractivity contribution is 0.356. The quantitative estimate of drug-likeness (QED) is 0.137. The normalized spacial score (nSPS) is 18.6. The van der Waals surface area contributed by atoms with Gasteiger partial charge in [-0.25, -0.2) is 18.3 Å². The van der Waals surface area contributed by atoms with Gasteiger partial charge in [0.15, 0.2) is 17.7 Å². The van der Waals surface area contributed by atoms with Crippen LogP contribution in [0.4, 0.5) is 14.6 Å². The van der Waals surface area contributed by atoms with Crippen molar-refractivity contribution in [1.82, 2.24) is 19.9 Å². The molecular formula is C23H25F2N7S. The predicted molar refractivity (Wildman–Crippen MR) is 126 cm³/mol. The summed E-state index contributed by atoms with van der Waals surface area (Å²) in [6.07, 6.45) is 6.53. The number of fused-ring (bicyclic) bond motifs is 1. The average molecular weight is 470 g/mol. The van der Waals surface area contributed by atoms with Crippen molar-refractivity contribution >= 4 is 29.1 Å². The number of nitrogens with zero attached hydrogens (tertiary/aromatic N) is 6. The number of alkyl halides is 1. The number of rotatable bonds is 7. The maximum absolute atomic E-state index is 14.6. The van der Waals surface area contributed by atoms with Gasteiger partial charge >= 0.3 is 0 Å². The van der Waals surface area contributed by atoms with E-state index in [1.807, 2.05) is 17.3 Å². The fraction of sp³-hybridized carbons (Fsp3) is 0.391. The monoisotopic (exact) mass is 469 g/mol. The highest BCUT2D eigenvalue weighted by Crippen LogP contribution is 2.40. The fourth-order valence-corrected chi connectivity index (χ4v) is 4.70. The Bertz CT molecular complexity index is 1200. The lowest BCUT2D eigenvalue weighted by Gasteiger charge is -2.27. The summed E-state index contributed by atoms with van der Waals surface area (Å²) >= 11 is 1.51. The summed E-state index contributed by atoms with van der Waals surface area (Å²) in [6.45, 7) is 2.80. The van der Waals surface area contributed by atoms with E-state index in [4.69, 9.17) is 5.10 Å². The van der Waals surface area contributed by atoms with Gasteiger partial charge in [-0.1, -0.05) is 13.3 Å². The Labute approximate surface area is 195 Å². The van der Waals surface area contributed by atoms with Crippen LogP contribution in [-0.2, 0) is 0 Å². The lowest BCUT2D eigenvalue weighted by Crippen LogP contribution is -2.27. The van der Waals surface area contributed by atoms with Crippen LogP contribution in [0, 0.1) is 17.3 Å². The van der Waals surface area contributed by atoms with Gasteiger partial charge in [0, 0.05) is 17.9 Å². The third-order valence-corrected chi connectivity index (χ3v) is 6.45. The Morgan fingerprint density at radius 3 is 2.97 bits per heavy atom. The maximum Gasteiger partial charge on any atom is 0.182 e. The molecule has 2 atom stereocenters. The standard InChI is InChI=1S/C23H25F2N7S/c1-3-4-9-27-23(29-14-26)19-12-28-21-7-8-22(30-32(19)21)31-13-16(25)11-18(31)17-10-15(24)5-6-20(17)33-2/h5-8,10,12,16,18H,3-4,9,11,13H2,1-2H3,(H,27,29). The molecule has 3 aromatic rings. The van der Waals surface area contributed by atoms with Gasteiger partial charge in [0.2, 0.25) is 0 Å². The first-order valence-electron chi connectivity index (χ1n) is 10.8. The third kappa shape index (κ3) is 4.78. The number of nitrogens with one attached hydrogen (secondary N) is 1. The van der Waals surface area contributed by atoms with Gasteiger partial charge in [0.1, 0.15) is 23.5 Å². The van der Waals surface area contributed by atoms with E-state index in [1.54, 1.807) is 28.9 Å². The molecule has 1 fully saturated rings. The molecule has 1 saturated heterocycles. The number of aliphatic imine (C=N–C) groups is 1. The molecule has 33 heavy (non-hydrogen) atoms. The van der Waals surface area contributed by atoms with Crippen molar-refractivity contribution in [2.75, 3.05) is 24.2 Å². The van der Waals surface area contributed by atoms with E-state index in [-0.39, 0.29) is 24.8 Å². The number of hydrogen-bond acceptors (Lipinski definition) is 6. The average Bonchev–Trinajstić information content (AvgIpc) is 3.41. The van der Waals surface area contributed by atoms with Gasteiger partial charge in [0.25, 0.3) is 0 Å². The molecule has 2 aromatic heterocycles. The maximum atomic E-state index is 14.6. The second-order valence-corrected chi connectivity index (χ2v) is 8.66. The van der Waals surface area contributed by atoms with E-state index in [0.29, 0.717) is 29.5 Å². The number of thioether (sulfide) groups is 1. The molecule has 3 heterocycles. The number of hydrogen-bond donors (Lipinski definition) is 1. The van der Waals surface area contributed by atoms with E-state index in [2.05, 4.69) is 22.2 Å². The predicted octanol–water partition coefficient (Wildman–Crippen LogP) is 4.50. The third-order valence-electron chi connectivity index (χ3n) is 5.64. The molecule has 1 aromatic carbocycles. The number of halogens is 2. The highest BCUT2D eigenvalue weighted by atomic mass is 32.2. The van der Waals surface area contributed by atoms with Crippen molar-refractivity contribution < 1.29 is 8.78 Å². The smallest absolute Gasteiger partial charge is 0.182 e. The van der Waals surface area contributed by atoms with E-state index in [1.165, 1.54) is 23.9 Å². The minimum absolute atomic E-state index is 0.158. The molecule has 10 heteroatoms. The van der Waals surface area contributed by atoms with E-state index in [9.17, 15) is 14.0 Å². The summed E-state index contributed by atoms with van der Waals surface area (Å²) in [6, 6.07) is 7.89. The summed E-state index contributed by atoms with van der Waals surface area (Å²) in [7, 11) is 0. The van der Waals surface area contributed by atoms with Crippen molar-refractivity contribution in [3.05, 3.63) is 53.6 Å². The van der Waals surface area contributed by atoms with Gasteiger partial charge in [0.05, 0.1) is 18.8 Å². The number of imidazole rings is 1. The van der Waals surface area contributed by atoms with Gasteiger partial charge in [-0.3, -0.25) is 10.3 Å². The molecule has 1 aliphatic rings. The Hall–Kier alpha value is -3.19. The Kier molecular flexibility index (Phi) is 7.08. The summed E-state index contributed by atoms with van der Waals surface area (Å²) in [5.41, 5.74) is 1.88. The SMILES string of the molecule is CCCCN=C(NC#N)c1cnc2ccc(N3CC(F)CC3c3cc(F)ccc3SC)nn12. The van der Waals surface area contributed by atoms with Crippen molar-refractivity contribution in [1.29, 1.82) is 5.26 Å². The van der Waals surface area contributed by atoms with E-state index in [0.717, 1.165) is 23.3 Å². The van der Waals surface area contributed by atoms with Gasteiger partial charge in [-0.15, -0.1) is 16.9 Å². The number of amidine groups is 1. The van der Waals surface area contributed by atoms with Crippen LogP contribution in [0.2, 0.25) is 0 Å². The summed E-state index contributed by atoms with van der Waals surface area (Å²) < 4.78 is 30.3. The number of benzene rings is 1. The molecule has 7 nitrogen and oxygen atoms in total. The molecule has 0 aliphatic carbocycles. The van der Waals surface area contributed by atoms with Crippen LogP contribution < -0.4 is 10.2 Å². The van der Waals surface area contributed by atoms with Crippen LogP contribution in [0.1, 0.15) is 43.5 Å². The molecule has 172 valence electrons. The van der Waals surface area contributed by atoms with E-state index >= 15 is 0 Å².